The van der Waals surface area contributed by atoms with Crippen LogP contribution < -0.4 is 0 Å². The molecule has 3 nitrogen and oxygen atoms in total. The second-order valence-corrected chi connectivity index (χ2v) is 6.42. The minimum Gasteiger partial charge on any atom is -0.292 e. The van der Waals surface area contributed by atoms with Crippen LogP contribution in [0.2, 0.25) is 5.02 Å². The molecule has 0 saturated heterocycles. The number of benzene rings is 1. The lowest BCUT2D eigenvalue weighted by molar-refractivity contribution is 0.626. The van der Waals surface area contributed by atoms with E-state index in [-0.39, 0.29) is 10.4 Å². The molecule has 0 spiro atoms. The Kier molecular flexibility index (Phi) is 3.90. The predicted octanol–water partition coefficient (Wildman–Crippen LogP) is 5.28. The third-order valence-corrected chi connectivity index (χ3v) is 4.13. The Balaban J connectivity index is 2.42. The zero-order chi connectivity index (χ0) is 15.1. The van der Waals surface area contributed by atoms with Gasteiger partial charge in [-0.25, -0.2) is 9.37 Å². The highest BCUT2D eigenvalue weighted by Crippen LogP contribution is 2.36. The maximum Gasteiger partial charge on any atom is 0.132 e. The highest BCUT2D eigenvalue weighted by atomic mass is 79.9. The maximum absolute atomic E-state index is 13.4. The first-order valence-corrected chi connectivity index (χ1v) is 7.71. The highest BCUT2D eigenvalue weighted by Gasteiger charge is 2.20. The number of fused-ring (bicyclic) bond motifs is 1. The monoisotopic (exact) mass is 387 g/mol. The van der Waals surface area contributed by atoms with Crippen LogP contribution in [0.5, 0.6) is 0 Å². The fourth-order valence-electron chi connectivity index (χ4n) is 2.20. The van der Waals surface area contributed by atoms with E-state index >= 15 is 0 Å². The Morgan fingerprint density at radius 3 is 2.81 bits per heavy atom. The van der Waals surface area contributed by atoms with E-state index in [4.69, 9.17) is 23.2 Å². The van der Waals surface area contributed by atoms with Gasteiger partial charge < -0.3 is 0 Å². The van der Waals surface area contributed by atoms with Crippen molar-refractivity contribution >= 4 is 50.2 Å². The van der Waals surface area contributed by atoms with Gasteiger partial charge in [-0.1, -0.05) is 11.6 Å². The number of hydrogen-bond acceptors (Lipinski definition) is 2. The molecule has 3 aromatic rings. The molecule has 2 aromatic heterocycles. The lowest BCUT2D eigenvalue weighted by atomic mass is 10.2. The average Bonchev–Trinajstić information content (AvgIpc) is 2.77. The largest absolute Gasteiger partial charge is 0.292 e. The number of imidazole rings is 1. The lowest BCUT2D eigenvalue weighted by Crippen LogP contribution is -2.04. The summed E-state index contributed by atoms with van der Waals surface area (Å²) in [6.45, 7) is 1.82. The van der Waals surface area contributed by atoms with Crippen molar-refractivity contribution in [2.45, 2.75) is 12.3 Å². The topological polar surface area (TPSA) is 30.7 Å². The molecule has 0 aliphatic heterocycles. The number of pyridine rings is 1. The Bertz CT molecular complexity index is 809. The van der Waals surface area contributed by atoms with Gasteiger partial charge in [-0.3, -0.25) is 9.55 Å². The highest BCUT2D eigenvalue weighted by molar-refractivity contribution is 9.10. The molecule has 1 atom stereocenters. The lowest BCUT2D eigenvalue weighted by Gasteiger charge is -2.14. The van der Waals surface area contributed by atoms with E-state index in [0.717, 1.165) is 5.52 Å². The summed E-state index contributed by atoms with van der Waals surface area (Å²) in [5.74, 6) is 0.205. The van der Waals surface area contributed by atoms with Crippen LogP contribution in [0.25, 0.3) is 16.7 Å². The standard InChI is InChI=1S/C14H9BrCl2FN3/c1-7(16)14-20-11-6-19-3-2-12(11)21(14)13-9(15)4-8(18)5-10(13)17/h2-7H,1H3. The van der Waals surface area contributed by atoms with Gasteiger partial charge in [-0.2, -0.15) is 0 Å². The summed E-state index contributed by atoms with van der Waals surface area (Å²) in [6.07, 6.45) is 3.31. The van der Waals surface area contributed by atoms with E-state index in [0.29, 0.717) is 21.5 Å². The summed E-state index contributed by atoms with van der Waals surface area (Å²) in [4.78, 5) is 8.54. The van der Waals surface area contributed by atoms with E-state index in [9.17, 15) is 4.39 Å². The van der Waals surface area contributed by atoms with Crippen LogP contribution in [0.4, 0.5) is 4.39 Å². The molecule has 0 aliphatic rings. The summed E-state index contributed by atoms with van der Waals surface area (Å²) in [5, 5.41) is -0.0676. The van der Waals surface area contributed by atoms with Crippen LogP contribution in [-0.4, -0.2) is 14.5 Å². The van der Waals surface area contributed by atoms with Crippen molar-refractivity contribution in [2.24, 2.45) is 0 Å². The van der Waals surface area contributed by atoms with Crippen LogP contribution in [0.1, 0.15) is 18.1 Å². The molecule has 0 aliphatic carbocycles. The summed E-state index contributed by atoms with van der Waals surface area (Å²) in [6, 6.07) is 4.44. The molecule has 1 unspecified atom stereocenters. The number of rotatable bonds is 2. The Hall–Kier alpha value is -1.17. The zero-order valence-electron chi connectivity index (χ0n) is 10.8. The maximum atomic E-state index is 13.4. The van der Waals surface area contributed by atoms with Crippen molar-refractivity contribution in [1.82, 2.24) is 14.5 Å². The summed E-state index contributed by atoms with van der Waals surface area (Å²) < 4.78 is 15.8. The van der Waals surface area contributed by atoms with Crippen LogP contribution in [-0.2, 0) is 0 Å². The molecule has 0 N–H and O–H groups in total. The third kappa shape index (κ3) is 2.54. The van der Waals surface area contributed by atoms with Gasteiger partial charge in [-0.05, 0) is 41.1 Å². The molecular weight excluding hydrogens is 380 g/mol. The van der Waals surface area contributed by atoms with Crippen molar-refractivity contribution in [1.29, 1.82) is 0 Å². The minimum atomic E-state index is -0.415. The molecule has 0 radical (unpaired) electrons. The van der Waals surface area contributed by atoms with E-state index in [1.807, 2.05) is 17.6 Å². The van der Waals surface area contributed by atoms with Crippen molar-refractivity contribution in [2.75, 3.05) is 0 Å². The predicted molar refractivity (Wildman–Crippen MR) is 85.8 cm³/mol. The van der Waals surface area contributed by atoms with Crippen molar-refractivity contribution in [3.8, 4) is 5.69 Å². The van der Waals surface area contributed by atoms with Crippen molar-refractivity contribution < 1.29 is 4.39 Å². The molecule has 108 valence electrons. The normalized spacial score (nSPS) is 12.8. The molecule has 2 heterocycles. The van der Waals surface area contributed by atoms with Gasteiger partial charge in [0.2, 0.25) is 0 Å². The summed E-state index contributed by atoms with van der Waals surface area (Å²) in [5.41, 5.74) is 2.11. The fraction of sp³-hybridized carbons (Fsp3) is 0.143. The number of aromatic nitrogens is 3. The molecule has 0 amide bonds. The van der Waals surface area contributed by atoms with E-state index in [1.54, 1.807) is 12.4 Å². The molecule has 0 fully saturated rings. The van der Waals surface area contributed by atoms with Gasteiger partial charge in [0.05, 0.1) is 27.8 Å². The first-order chi connectivity index (χ1) is 9.99. The van der Waals surface area contributed by atoms with E-state index in [2.05, 4.69) is 25.9 Å². The zero-order valence-corrected chi connectivity index (χ0v) is 13.9. The van der Waals surface area contributed by atoms with Gasteiger partial charge in [0.15, 0.2) is 0 Å². The van der Waals surface area contributed by atoms with Crippen LogP contribution in [0.15, 0.2) is 35.1 Å². The molecule has 1 aromatic carbocycles. The quantitative estimate of drug-likeness (QED) is 0.559. The third-order valence-electron chi connectivity index (χ3n) is 3.04. The molecule has 21 heavy (non-hydrogen) atoms. The number of nitrogens with zero attached hydrogens (tertiary/aromatic N) is 3. The number of alkyl halides is 1. The Morgan fingerprint density at radius 2 is 2.14 bits per heavy atom. The molecule has 0 saturated carbocycles. The molecular formula is C14H9BrCl2FN3. The van der Waals surface area contributed by atoms with Crippen LogP contribution in [0.3, 0.4) is 0 Å². The van der Waals surface area contributed by atoms with Crippen LogP contribution >= 0.6 is 39.1 Å². The number of halogens is 4. The van der Waals surface area contributed by atoms with Gasteiger partial charge in [0, 0.05) is 10.7 Å². The SMILES string of the molecule is CC(Cl)c1nc2cnccc2n1-c1c(Cl)cc(F)cc1Br. The van der Waals surface area contributed by atoms with E-state index < -0.39 is 5.82 Å². The van der Waals surface area contributed by atoms with Gasteiger partial charge in [0.1, 0.15) is 17.2 Å². The second kappa shape index (κ2) is 5.55. The number of hydrogen-bond donors (Lipinski definition) is 0. The molecule has 0 bridgehead atoms. The molecule has 3 rings (SSSR count). The Labute approximate surface area is 138 Å². The van der Waals surface area contributed by atoms with Gasteiger partial charge in [-0.15, -0.1) is 11.6 Å². The van der Waals surface area contributed by atoms with Gasteiger partial charge >= 0.3 is 0 Å². The first kappa shape index (κ1) is 14.8. The smallest absolute Gasteiger partial charge is 0.132 e. The summed E-state index contributed by atoms with van der Waals surface area (Å²) in [7, 11) is 0. The van der Waals surface area contributed by atoms with Crippen molar-refractivity contribution in [3.63, 3.8) is 0 Å². The molecule has 7 heteroatoms. The second-order valence-electron chi connectivity index (χ2n) is 4.50. The van der Waals surface area contributed by atoms with E-state index in [1.165, 1.54) is 12.1 Å². The van der Waals surface area contributed by atoms with Crippen LogP contribution in [0, 0.1) is 5.82 Å². The van der Waals surface area contributed by atoms with Gasteiger partial charge in [0.25, 0.3) is 0 Å². The fourth-order valence-corrected chi connectivity index (χ4v) is 3.36. The summed E-state index contributed by atoms with van der Waals surface area (Å²) >= 11 is 15.8. The first-order valence-electron chi connectivity index (χ1n) is 6.10. The Morgan fingerprint density at radius 1 is 1.38 bits per heavy atom. The average molecular weight is 389 g/mol. The van der Waals surface area contributed by atoms with Crippen molar-refractivity contribution in [3.05, 3.63) is 51.7 Å². The minimum absolute atomic E-state index is 0.275.